The van der Waals surface area contributed by atoms with Gasteiger partial charge in [-0.25, -0.2) is 0 Å². The van der Waals surface area contributed by atoms with Crippen LogP contribution in [0.25, 0.3) is 10.1 Å². The molecule has 3 rings (SSSR count). The van der Waals surface area contributed by atoms with Crippen molar-refractivity contribution in [2.75, 3.05) is 39.4 Å². The molecule has 122 valence electrons. The van der Waals surface area contributed by atoms with Gasteiger partial charge in [0.2, 0.25) is 0 Å². The first kappa shape index (κ1) is 15.9. The second kappa shape index (κ2) is 7.08. The van der Waals surface area contributed by atoms with Gasteiger partial charge < -0.3 is 15.2 Å². The average Bonchev–Trinajstić information content (AvgIpc) is 3.00. The molecular weight excluding hydrogens is 316 g/mol. The highest BCUT2D eigenvalue weighted by Gasteiger charge is 2.15. The molecule has 1 aromatic heterocycles. The lowest BCUT2D eigenvalue weighted by Gasteiger charge is -2.26. The lowest BCUT2D eigenvalue weighted by molar-refractivity contribution is 0.0383. The number of ether oxygens (including phenoxy) is 1. The third-order valence-electron chi connectivity index (χ3n) is 3.88. The first-order valence-electron chi connectivity index (χ1n) is 7.48. The average molecular weight is 334 g/mol. The van der Waals surface area contributed by atoms with E-state index in [1.807, 2.05) is 0 Å². The molecule has 6 nitrogen and oxygen atoms in total. The van der Waals surface area contributed by atoms with Crippen LogP contribution < -0.4 is 5.32 Å². The number of amides is 1. The quantitative estimate of drug-likeness (QED) is 0.810. The van der Waals surface area contributed by atoms with Gasteiger partial charge in [-0.2, -0.15) is 0 Å². The second-order valence-electron chi connectivity index (χ2n) is 5.35. The van der Waals surface area contributed by atoms with E-state index in [9.17, 15) is 14.7 Å². The fourth-order valence-corrected chi connectivity index (χ4v) is 3.59. The van der Waals surface area contributed by atoms with Gasteiger partial charge in [0.05, 0.1) is 23.7 Å². The molecule has 0 radical (unpaired) electrons. The Morgan fingerprint density at radius 1 is 1.39 bits per heavy atom. The van der Waals surface area contributed by atoms with Crippen LogP contribution in [0.3, 0.4) is 0 Å². The number of rotatable bonds is 5. The predicted octanol–water partition coefficient (Wildman–Crippen LogP) is 1.48. The van der Waals surface area contributed by atoms with Gasteiger partial charge in [0.15, 0.2) is 6.29 Å². The van der Waals surface area contributed by atoms with Crippen molar-refractivity contribution in [3.05, 3.63) is 28.6 Å². The summed E-state index contributed by atoms with van der Waals surface area (Å²) < 4.78 is 6.09. The largest absolute Gasteiger partial charge is 0.507 e. The molecule has 0 bridgehead atoms. The number of aldehydes is 1. The minimum Gasteiger partial charge on any atom is -0.507 e. The molecule has 7 heteroatoms. The fourth-order valence-electron chi connectivity index (χ4n) is 2.60. The summed E-state index contributed by atoms with van der Waals surface area (Å²) in [6.07, 6.45) is 0.616. The van der Waals surface area contributed by atoms with Crippen LogP contribution in [0.5, 0.6) is 5.75 Å². The highest BCUT2D eigenvalue weighted by molar-refractivity contribution is 7.20. The van der Waals surface area contributed by atoms with Gasteiger partial charge in [0.25, 0.3) is 5.91 Å². The molecule has 1 amide bonds. The normalized spacial score (nSPS) is 15.7. The zero-order valence-corrected chi connectivity index (χ0v) is 13.4. The van der Waals surface area contributed by atoms with Gasteiger partial charge in [0.1, 0.15) is 5.75 Å². The van der Waals surface area contributed by atoms with E-state index in [4.69, 9.17) is 4.74 Å². The summed E-state index contributed by atoms with van der Waals surface area (Å²) >= 11 is 1.31. The molecule has 0 spiro atoms. The van der Waals surface area contributed by atoms with E-state index in [0.29, 0.717) is 23.1 Å². The number of carbonyl (C=O) groups excluding carboxylic acids is 2. The van der Waals surface area contributed by atoms with Gasteiger partial charge in [-0.05, 0) is 18.2 Å². The minimum absolute atomic E-state index is 0.0652. The van der Waals surface area contributed by atoms with Crippen molar-refractivity contribution in [2.45, 2.75) is 0 Å². The van der Waals surface area contributed by atoms with Crippen molar-refractivity contribution in [1.29, 1.82) is 0 Å². The standard InChI is InChI=1S/C16H18N2O4S/c19-10-12-11-9-15(23-14(11)2-1-13(12)20)16(21)17-3-4-18-5-7-22-8-6-18/h1-2,9-10,20H,3-8H2,(H,17,21). The number of benzene rings is 1. The zero-order chi connectivity index (χ0) is 16.2. The number of aromatic hydroxyl groups is 1. The Kier molecular flexibility index (Phi) is 4.90. The van der Waals surface area contributed by atoms with Gasteiger partial charge in [-0.3, -0.25) is 14.5 Å². The maximum Gasteiger partial charge on any atom is 0.261 e. The molecule has 1 aliphatic rings. The van der Waals surface area contributed by atoms with Crippen LogP contribution in [0.15, 0.2) is 18.2 Å². The van der Waals surface area contributed by atoms with Crippen LogP contribution in [0.4, 0.5) is 0 Å². The maximum atomic E-state index is 12.2. The first-order valence-corrected chi connectivity index (χ1v) is 8.29. The Morgan fingerprint density at radius 2 is 2.17 bits per heavy atom. The van der Waals surface area contributed by atoms with Crippen molar-refractivity contribution in [1.82, 2.24) is 10.2 Å². The molecule has 1 aliphatic heterocycles. The minimum atomic E-state index is -0.157. The number of phenolic OH excluding ortho intramolecular Hbond substituents is 1. The fraction of sp³-hybridized carbons (Fsp3) is 0.375. The highest BCUT2D eigenvalue weighted by Crippen LogP contribution is 2.32. The van der Waals surface area contributed by atoms with E-state index in [-0.39, 0.29) is 17.2 Å². The number of phenols is 1. The Bertz CT molecular complexity index is 722. The number of fused-ring (bicyclic) bond motifs is 1. The lowest BCUT2D eigenvalue weighted by Crippen LogP contribution is -2.41. The molecule has 23 heavy (non-hydrogen) atoms. The molecule has 0 saturated carbocycles. The van der Waals surface area contributed by atoms with Crippen LogP contribution in [0, 0.1) is 0 Å². The monoisotopic (exact) mass is 334 g/mol. The Morgan fingerprint density at radius 3 is 2.91 bits per heavy atom. The summed E-state index contributed by atoms with van der Waals surface area (Å²) in [5.41, 5.74) is 0.228. The summed E-state index contributed by atoms with van der Waals surface area (Å²) in [6.45, 7) is 4.62. The molecule has 2 aromatic rings. The van der Waals surface area contributed by atoms with Crippen LogP contribution in [0.2, 0.25) is 0 Å². The number of nitrogens with one attached hydrogen (secondary N) is 1. The van der Waals surface area contributed by atoms with Crippen LogP contribution in [0.1, 0.15) is 20.0 Å². The zero-order valence-electron chi connectivity index (χ0n) is 12.6. The molecule has 0 aliphatic carbocycles. The van der Waals surface area contributed by atoms with Crippen LogP contribution in [-0.2, 0) is 4.74 Å². The molecule has 1 fully saturated rings. The number of thiophene rings is 1. The third kappa shape index (κ3) is 3.52. The third-order valence-corrected chi connectivity index (χ3v) is 4.98. The van der Waals surface area contributed by atoms with Crippen LogP contribution >= 0.6 is 11.3 Å². The molecule has 1 aromatic carbocycles. The summed E-state index contributed by atoms with van der Waals surface area (Å²) in [4.78, 5) is 26.1. The van der Waals surface area contributed by atoms with E-state index in [2.05, 4.69) is 10.2 Å². The van der Waals surface area contributed by atoms with Crippen molar-refractivity contribution < 1.29 is 19.4 Å². The molecule has 0 unspecified atom stereocenters. The Balaban J connectivity index is 1.65. The number of hydrogen-bond donors (Lipinski definition) is 2. The summed E-state index contributed by atoms with van der Waals surface area (Å²) in [6, 6.07) is 4.85. The predicted molar refractivity (Wildman–Crippen MR) is 88.5 cm³/mol. The van der Waals surface area contributed by atoms with E-state index in [1.165, 1.54) is 17.4 Å². The summed E-state index contributed by atoms with van der Waals surface area (Å²) in [7, 11) is 0. The molecule has 2 heterocycles. The topological polar surface area (TPSA) is 78.9 Å². The number of carbonyl (C=O) groups is 2. The summed E-state index contributed by atoms with van der Waals surface area (Å²) in [5, 5.41) is 13.2. The van der Waals surface area contributed by atoms with E-state index >= 15 is 0 Å². The molecular formula is C16H18N2O4S. The summed E-state index contributed by atoms with van der Waals surface area (Å²) in [5.74, 6) is -0.222. The SMILES string of the molecule is O=Cc1c(O)ccc2sc(C(=O)NCCN3CCOCC3)cc12. The molecule has 2 N–H and O–H groups in total. The molecule has 0 atom stereocenters. The van der Waals surface area contributed by atoms with Gasteiger partial charge in [-0.15, -0.1) is 11.3 Å². The maximum absolute atomic E-state index is 12.2. The number of morpholine rings is 1. The Hall–Kier alpha value is -1.96. The van der Waals surface area contributed by atoms with E-state index in [1.54, 1.807) is 12.1 Å². The van der Waals surface area contributed by atoms with Crippen molar-refractivity contribution >= 4 is 33.6 Å². The number of nitrogens with zero attached hydrogens (tertiary/aromatic N) is 1. The lowest BCUT2D eigenvalue weighted by atomic mass is 10.1. The van der Waals surface area contributed by atoms with Crippen LogP contribution in [-0.4, -0.2) is 61.6 Å². The van der Waals surface area contributed by atoms with Gasteiger partial charge in [0, 0.05) is 36.3 Å². The van der Waals surface area contributed by atoms with E-state index in [0.717, 1.165) is 37.5 Å². The van der Waals surface area contributed by atoms with Crippen molar-refractivity contribution in [3.63, 3.8) is 0 Å². The number of hydrogen-bond acceptors (Lipinski definition) is 6. The Labute approximate surface area is 137 Å². The van der Waals surface area contributed by atoms with Gasteiger partial charge >= 0.3 is 0 Å². The highest BCUT2D eigenvalue weighted by atomic mass is 32.1. The van der Waals surface area contributed by atoms with Gasteiger partial charge in [-0.1, -0.05) is 0 Å². The second-order valence-corrected chi connectivity index (χ2v) is 6.43. The first-order chi connectivity index (χ1) is 11.2. The molecule has 1 saturated heterocycles. The van der Waals surface area contributed by atoms with E-state index < -0.39 is 0 Å². The van der Waals surface area contributed by atoms with Crippen molar-refractivity contribution in [2.24, 2.45) is 0 Å². The van der Waals surface area contributed by atoms with Crippen molar-refractivity contribution in [3.8, 4) is 5.75 Å². The smallest absolute Gasteiger partial charge is 0.261 e.